The van der Waals surface area contributed by atoms with Gasteiger partial charge in [0, 0.05) is 25.7 Å². The summed E-state index contributed by atoms with van der Waals surface area (Å²) in [5.74, 6) is 1.08. The zero-order valence-electron chi connectivity index (χ0n) is 13.6. The van der Waals surface area contributed by atoms with Gasteiger partial charge in [0.1, 0.15) is 0 Å². The van der Waals surface area contributed by atoms with Crippen LogP contribution in [-0.2, 0) is 0 Å². The highest BCUT2D eigenvalue weighted by molar-refractivity contribution is 14.0. The van der Waals surface area contributed by atoms with Crippen LogP contribution in [0.25, 0.3) is 0 Å². The number of unbranched alkanes of at least 4 members (excludes halogenated alkanes) is 3. The average molecular weight is 399 g/mol. The number of guanidine groups is 1. The van der Waals surface area contributed by atoms with Gasteiger partial charge in [0.2, 0.25) is 0 Å². The molecule has 3 N–H and O–H groups in total. The van der Waals surface area contributed by atoms with E-state index in [1.807, 2.05) is 6.92 Å². The first kappa shape index (κ1) is 22.2. The normalized spacial score (nSPS) is 14.3. The van der Waals surface area contributed by atoms with Crippen LogP contribution in [0.15, 0.2) is 4.99 Å². The summed E-state index contributed by atoms with van der Waals surface area (Å²) in [4.78, 5) is 4.50. The highest BCUT2D eigenvalue weighted by Crippen LogP contribution is 2.05. The van der Waals surface area contributed by atoms with Crippen LogP contribution in [0.5, 0.6) is 0 Å². The van der Waals surface area contributed by atoms with Crippen molar-refractivity contribution in [3.05, 3.63) is 0 Å². The van der Waals surface area contributed by atoms with E-state index in [1.54, 1.807) is 0 Å². The maximum atomic E-state index is 9.02. The Balaban J connectivity index is 0. The third-order valence-electron chi connectivity index (χ3n) is 3.09. The molecule has 0 aliphatic carbocycles. The van der Waals surface area contributed by atoms with E-state index in [9.17, 15) is 0 Å². The Bertz CT molecular complexity index is 237. The fourth-order valence-electron chi connectivity index (χ4n) is 1.81. The fourth-order valence-corrected chi connectivity index (χ4v) is 1.81. The number of aliphatic hydroxyl groups excluding tert-OH is 1. The Morgan fingerprint density at radius 3 is 2.40 bits per heavy atom. The number of halogens is 1. The quantitative estimate of drug-likeness (QED) is 0.229. The van der Waals surface area contributed by atoms with Crippen molar-refractivity contribution in [2.24, 2.45) is 10.9 Å². The van der Waals surface area contributed by atoms with Crippen molar-refractivity contribution in [3.8, 4) is 0 Å². The molecular formula is C15H34IN3O. The van der Waals surface area contributed by atoms with Gasteiger partial charge in [-0.15, -0.1) is 24.0 Å². The van der Waals surface area contributed by atoms with E-state index in [-0.39, 0.29) is 36.5 Å². The molecule has 20 heavy (non-hydrogen) atoms. The highest BCUT2D eigenvalue weighted by Gasteiger charge is 2.05. The Morgan fingerprint density at radius 1 is 1.15 bits per heavy atom. The maximum absolute atomic E-state index is 9.02. The number of rotatable bonds is 10. The number of hydrogen-bond acceptors (Lipinski definition) is 2. The monoisotopic (exact) mass is 399 g/mol. The lowest BCUT2D eigenvalue weighted by atomic mass is 10.1. The number of hydrogen-bond donors (Lipinski definition) is 3. The van der Waals surface area contributed by atoms with Gasteiger partial charge in [-0.1, -0.05) is 39.5 Å². The first-order chi connectivity index (χ1) is 9.13. The molecule has 5 heteroatoms. The van der Waals surface area contributed by atoms with Gasteiger partial charge in [0.25, 0.3) is 0 Å². The van der Waals surface area contributed by atoms with E-state index in [4.69, 9.17) is 5.11 Å². The van der Waals surface area contributed by atoms with Gasteiger partial charge in [-0.3, -0.25) is 4.99 Å². The van der Waals surface area contributed by atoms with Crippen LogP contribution < -0.4 is 10.6 Å². The zero-order valence-corrected chi connectivity index (χ0v) is 15.9. The van der Waals surface area contributed by atoms with Gasteiger partial charge in [-0.05, 0) is 26.2 Å². The molecule has 0 bridgehead atoms. The van der Waals surface area contributed by atoms with Crippen molar-refractivity contribution in [2.75, 3.05) is 19.7 Å². The molecule has 2 unspecified atom stereocenters. The molecule has 0 radical (unpaired) electrons. The Hall–Kier alpha value is -0.0400. The van der Waals surface area contributed by atoms with Gasteiger partial charge in [0.15, 0.2) is 5.96 Å². The molecule has 0 saturated heterocycles. The molecule has 0 aromatic carbocycles. The van der Waals surface area contributed by atoms with Crippen molar-refractivity contribution < 1.29 is 5.11 Å². The molecule has 0 aliphatic heterocycles. The third kappa shape index (κ3) is 13.0. The summed E-state index contributed by atoms with van der Waals surface area (Å²) in [7, 11) is 0. The third-order valence-corrected chi connectivity index (χ3v) is 3.09. The van der Waals surface area contributed by atoms with Crippen LogP contribution in [0.1, 0.15) is 59.8 Å². The second-order valence-electron chi connectivity index (χ2n) is 5.40. The fraction of sp³-hybridized carbons (Fsp3) is 0.933. The lowest BCUT2D eigenvalue weighted by Gasteiger charge is -2.18. The van der Waals surface area contributed by atoms with E-state index >= 15 is 0 Å². The molecule has 4 nitrogen and oxygen atoms in total. The number of aliphatic hydroxyl groups is 1. The SMILES string of the molecule is CCCCCCC(C)NC(=NCC(C)CO)NCC.I. The first-order valence-electron chi connectivity index (χ1n) is 7.79. The van der Waals surface area contributed by atoms with Crippen LogP contribution in [0.4, 0.5) is 0 Å². The molecule has 0 fully saturated rings. The summed E-state index contributed by atoms with van der Waals surface area (Å²) in [6.07, 6.45) is 6.38. The average Bonchev–Trinajstić information content (AvgIpc) is 2.40. The number of nitrogens with one attached hydrogen (secondary N) is 2. The second kappa shape index (κ2) is 15.4. The minimum absolute atomic E-state index is 0. The largest absolute Gasteiger partial charge is 0.396 e. The summed E-state index contributed by atoms with van der Waals surface area (Å²) in [6, 6.07) is 0.444. The molecular weight excluding hydrogens is 365 g/mol. The predicted molar refractivity (Wildman–Crippen MR) is 99.0 cm³/mol. The van der Waals surface area contributed by atoms with Crippen molar-refractivity contribution in [3.63, 3.8) is 0 Å². The predicted octanol–water partition coefficient (Wildman–Crippen LogP) is 3.15. The van der Waals surface area contributed by atoms with E-state index in [1.165, 1.54) is 32.1 Å². The van der Waals surface area contributed by atoms with Gasteiger partial charge < -0.3 is 15.7 Å². The Morgan fingerprint density at radius 2 is 1.85 bits per heavy atom. The molecule has 0 aliphatic rings. The molecule has 0 spiro atoms. The van der Waals surface area contributed by atoms with Crippen LogP contribution in [0.3, 0.4) is 0 Å². The zero-order chi connectivity index (χ0) is 14.5. The summed E-state index contributed by atoms with van der Waals surface area (Å²) >= 11 is 0. The topological polar surface area (TPSA) is 56.7 Å². The van der Waals surface area contributed by atoms with Crippen molar-refractivity contribution in [1.29, 1.82) is 0 Å². The van der Waals surface area contributed by atoms with Crippen LogP contribution >= 0.6 is 24.0 Å². The molecule has 0 amide bonds. The standard InChI is InChI=1S/C15H33N3O.HI/c1-5-7-8-9-10-14(4)18-15(16-6-2)17-11-13(3)12-19;/h13-14,19H,5-12H2,1-4H3,(H2,16,17,18);1H. The van der Waals surface area contributed by atoms with Crippen LogP contribution in [0.2, 0.25) is 0 Å². The first-order valence-corrected chi connectivity index (χ1v) is 7.79. The van der Waals surface area contributed by atoms with Gasteiger partial charge in [-0.25, -0.2) is 0 Å². The molecule has 0 aromatic heterocycles. The van der Waals surface area contributed by atoms with Crippen molar-refractivity contribution >= 4 is 29.9 Å². The summed E-state index contributed by atoms with van der Waals surface area (Å²) in [5.41, 5.74) is 0. The summed E-state index contributed by atoms with van der Waals surface area (Å²) in [6.45, 7) is 10.2. The molecule has 0 rings (SSSR count). The number of nitrogens with zero attached hydrogens (tertiary/aromatic N) is 1. The minimum Gasteiger partial charge on any atom is -0.396 e. The van der Waals surface area contributed by atoms with Crippen LogP contribution in [-0.4, -0.2) is 36.8 Å². The minimum atomic E-state index is 0. The maximum Gasteiger partial charge on any atom is 0.191 e. The molecule has 122 valence electrons. The van der Waals surface area contributed by atoms with Gasteiger partial charge in [-0.2, -0.15) is 0 Å². The smallest absolute Gasteiger partial charge is 0.191 e. The number of aliphatic imine (C=N–C) groups is 1. The second-order valence-corrected chi connectivity index (χ2v) is 5.40. The Labute approximate surface area is 142 Å². The summed E-state index contributed by atoms with van der Waals surface area (Å²) < 4.78 is 0. The molecule has 0 aromatic rings. The van der Waals surface area contributed by atoms with E-state index in [0.29, 0.717) is 12.6 Å². The summed E-state index contributed by atoms with van der Waals surface area (Å²) in [5, 5.41) is 15.7. The lowest BCUT2D eigenvalue weighted by molar-refractivity contribution is 0.241. The highest BCUT2D eigenvalue weighted by atomic mass is 127. The molecule has 0 heterocycles. The van der Waals surface area contributed by atoms with Crippen molar-refractivity contribution in [2.45, 2.75) is 65.8 Å². The Kier molecular flexibility index (Phi) is 17.1. The van der Waals surface area contributed by atoms with Crippen molar-refractivity contribution in [1.82, 2.24) is 10.6 Å². The van der Waals surface area contributed by atoms with Gasteiger partial charge >= 0.3 is 0 Å². The molecule has 2 atom stereocenters. The van der Waals surface area contributed by atoms with Crippen LogP contribution in [0, 0.1) is 5.92 Å². The van der Waals surface area contributed by atoms with E-state index in [0.717, 1.165) is 12.5 Å². The van der Waals surface area contributed by atoms with Gasteiger partial charge in [0.05, 0.1) is 0 Å². The van der Waals surface area contributed by atoms with E-state index < -0.39 is 0 Å². The van der Waals surface area contributed by atoms with E-state index in [2.05, 4.69) is 36.4 Å². The lowest BCUT2D eigenvalue weighted by Crippen LogP contribution is -2.42. The molecule has 0 saturated carbocycles.